The van der Waals surface area contributed by atoms with E-state index in [2.05, 4.69) is 0 Å². The Morgan fingerprint density at radius 2 is 2.06 bits per heavy atom. The zero-order chi connectivity index (χ0) is 12.5. The Labute approximate surface area is 98.4 Å². The third-order valence-electron chi connectivity index (χ3n) is 2.77. The van der Waals surface area contributed by atoms with Crippen LogP contribution in [-0.4, -0.2) is 30.1 Å². The van der Waals surface area contributed by atoms with Crippen LogP contribution in [0.25, 0.3) is 0 Å². The lowest BCUT2D eigenvalue weighted by atomic mass is 9.91. The van der Waals surface area contributed by atoms with Crippen LogP contribution in [-0.2, 0) is 10.3 Å². The number of halogens is 2. The summed E-state index contributed by atoms with van der Waals surface area (Å²) < 4.78 is 12.9. The minimum absolute atomic E-state index is 0.110. The second-order valence-corrected chi connectivity index (χ2v) is 4.30. The van der Waals surface area contributed by atoms with Crippen molar-refractivity contribution in [3.63, 3.8) is 0 Å². The predicted molar refractivity (Wildman–Crippen MR) is 60.1 cm³/mol. The zero-order valence-electron chi connectivity index (χ0n) is 9.29. The molecular formula is C11H13ClFNO2. The molecule has 0 radical (unpaired) electrons. The molecule has 0 saturated carbocycles. The van der Waals surface area contributed by atoms with Crippen molar-refractivity contribution in [2.24, 2.45) is 0 Å². The Bertz CT molecular complexity index is 422. The Morgan fingerprint density at radius 1 is 1.50 bits per heavy atom. The lowest BCUT2D eigenvalue weighted by molar-refractivity contribution is -0.149. The molecule has 0 fully saturated rings. The number of carboxylic acid groups (broad SMARTS) is 1. The summed E-state index contributed by atoms with van der Waals surface area (Å²) in [4.78, 5) is 12.8. The molecule has 1 unspecified atom stereocenters. The van der Waals surface area contributed by atoms with Crippen molar-refractivity contribution >= 4 is 17.6 Å². The van der Waals surface area contributed by atoms with Crippen LogP contribution in [0, 0.1) is 5.82 Å². The SMILES string of the molecule is CN(C)C(C)(C(=O)O)c1ccc(F)cc1Cl. The van der Waals surface area contributed by atoms with E-state index in [1.54, 1.807) is 14.1 Å². The molecule has 1 aromatic rings. The average Bonchev–Trinajstić information content (AvgIpc) is 2.15. The highest BCUT2D eigenvalue weighted by Gasteiger charge is 2.39. The molecule has 16 heavy (non-hydrogen) atoms. The number of hydrogen-bond donors (Lipinski definition) is 1. The number of aliphatic carboxylic acids is 1. The number of carboxylic acids is 1. The molecule has 0 saturated heterocycles. The van der Waals surface area contributed by atoms with Gasteiger partial charge >= 0.3 is 5.97 Å². The normalized spacial score (nSPS) is 14.9. The van der Waals surface area contributed by atoms with Crippen molar-refractivity contribution in [1.29, 1.82) is 0 Å². The number of likely N-dealkylation sites (N-methyl/N-ethyl adjacent to an activating group) is 1. The smallest absolute Gasteiger partial charge is 0.328 e. The molecule has 0 aliphatic rings. The largest absolute Gasteiger partial charge is 0.480 e. The maximum Gasteiger partial charge on any atom is 0.328 e. The summed E-state index contributed by atoms with van der Waals surface area (Å²) in [6.07, 6.45) is 0. The van der Waals surface area contributed by atoms with E-state index in [0.717, 1.165) is 6.07 Å². The van der Waals surface area contributed by atoms with Crippen LogP contribution < -0.4 is 0 Å². The van der Waals surface area contributed by atoms with Gasteiger partial charge in [-0.25, -0.2) is 9.18 Å². The molecule has 0 aliphatic heterocycles. The third kappa shape index (κ3) is 2.03. The highest BCUT2D eigenvalue weighted by Crippen LogP contribution is 2.32. The fourth-order valence-electron chi connectivity index (χ4n) is 1.43. The van der Waals surface area contributed by atoms with Crippen molar-refractivity contribution in [3.8, 4) is 0 Å². The first-order valence-electron chi connectivity index (χ1n) is 4.66. The van der Waals surface area contributed by atoms with Gasteiger partial charge in [-0.1, -0.05) is 17.7 Å². The van der Waals surface area contributed by atoms with Crippen molar-refractivity contribution in [2.75, 3.05) is 14.1 Å². The van der Waals surface area contributed by atoms with Gasteiger partial charge in [0, 0.05) is 10.6 Å². The van der Waals surface area contributed by atoms with Crippen molar-refractivity contribution in [2.45, 2.75) is 12.5 Å². The van der Waals surface area contributed by atoms with Crippen molar-refractivity contribution < 1.29 is 14.3 Å². The Hall–Kier alpha value is -1.13. The fourth-order valence-corrected chi connectivity index (χ4v) is 1.78. The van der Waals surface area contributed by atoms with Crippen LogP contribution in [0.2, 0.25) is 5.02 Å². The molecule has 1 atom stereocenters. The van der Waals surface area contributed by atoms with Gasteiger partial charge in [-0.2, -0.15) is 0 Å². The van der Waals surface area contributed by atoms with Crippen LogP contribution in [0.5, 0.6) is 0 Å². The molecule has 1 aromatic carbocycles. The molecule has 0 aromatic heterocycles. The summed E-state index contributed by atoms with van der Waals surface area (Å²) in [7, 11) is 3.27. The predicted octanol–water partition coefficient (Wildman–Crippen LogP) is 2.34. The molecule has 0 heterocycles. The number of hydrogen-bond acceptors (Lipinski definition) is 2. The van der Waals surface area contributed by atoms with Crippen LogP contribution in [0.4, 0.5) is 4.39 Å². The summed E-state index contributed by atoms with van der Waals surface area (Å²) in [6, 6.07) is 3.71. The Kier molecular flexibility index (Phi) is 3.55. The molecule has 5 heteroatoms. The Morgan fingerprint density at radius 3 is 2.44 bits per heavy atom. The van der Waals surface area contributed by atoms with Crippen LogP contribution >= 0.6 is 11.6 Å². The van der Waals surface area contributed by atoms with Gasteiger partial charge in [0.1, 0.15) is 11.4 Å². The van der Waals surface area contributed by atoms with E-state index >= 15 is 0 Å². The van der Waals surface area contributed by atoms with Gasteiger partial charge in [-0.15, -0.1) is 0 Å². The van der Waals surface area contributed by atoms with Gasteiger partial charge in [-0.3, -0.25) is 4.90 Å². The first-order valence-corrected chi connectivity index (χ1v) is 5.04. The number of rotatable bonds is 3. The topological polar surface area (TPSA) is 40.5 Å². The van der Waals surface area contributed by atoms with Gasteiger partial charge < -0.3 is 5.11 Å². The minimum Gasteiger partial charge on any atom is -0.480 e. The zero-order valence-corrected chi connectivity index (χ0v) is 10.0. The van der Waals surface area contributed by atoms with Crippen LogP contribution in [0.15, 0.2) is 18.2 Å². The van der Waals surface area contributed by atoms with E-state index in [0.29, 0.717) is 5.56 Å². The lowest BCUT2D eigenvalue weighted by Crippen LogP contribution is -2.45. The summed E-state index contributed by atoms with van der Waals surface area (Å²) in [5.74, 6) is -1.52. The molecular weight excluding hydrogens is 233 g/mol. The standard InChI is InChI=1S/C11H13ClFNO2/c1-11(10(15)16,14(2)3)8-5-4-7(13)6-9(8)12/h4-6H,1-3H3,(H,15,16). The first-order chi connectivity index (χ1) is 7.30. The lowest BCUT2D eigenvalue weighted by Gasteiger charge is -2.33. The monoisotopic (exact) mass is 245 g/mol. The van der Waals surface area contributed by atoms with Crippen molar-refractivity contribution in [3.05, 3.63) is 34.6 Å². The van der Waals surface area contributed by atoms with Gasteiger partial charge in [0.2, 0.25) is 0 Å². The van der Waals surface area contributed by atoms with Crippen LogP contribution in [0.1, 0.15) is 12.5 Å². The fraction of sp³-hybridized carbons (Fsp3) is 0.364. The molecule has 3 nitrogen and oxygen atoms in total. The van der Waals surface area contributed by atoms with Gasteiger partial charge in [0.05, 0.1) is 0 Å². The highest BCUT2D eigenvalue weighted by atomic mass is 35.5. The maximum atomic E-state index is 12.9. The quantitative estimate of drug-likeness (QED) is 0.889. The molecule has 0 bridgehead atoms. The second-order valence-electron chi connectivity index (χ2n) is 3.90. The van der Waals surface area contributed by atoms with E-state index < -0.39 is 17.3 Å². The van der Waals surface area contributed by atoms with E-state index in [9.17, 15) is 14.3 Å². The van der Waals surface area contributed by atoms with Gasteiger partial charge in [0.15, 0.2) is 0 Å². The Balaban J connectivity index is 3.38. The summed E-state index contributed by atoms with van der Waals surface area (Å²) in [5.41, 5.74) is -0.904. The van der Waals surface area contributed by atoms with E-state index in [-0.39, 0.29) is 5.02 Å². The van der Waals surface area contributed by atoms with E-state index in [1.165, 1.54) is 24.0 Å². The number of carbonyl (C=O) groups is 1. The maximum absolute atomic E-state index is 12.9. The third-order valence-corrected chi connectivity index (χ3v) is 3.08. The highest BCUT2D eigenvalue weighted by molar-refractivity contribution is 6.31. The molecule has 0 amide bonds. The molecule has 0 aliphatic carbocycles. The number of nitrogens with zero attached hydrogens (tertiary/aromatic N) is 1. The molecule has 1 rings (SSSR count). The second kappa shape index (κ2) is 4.39. The van der Waals surface area contributed by atoms with Gasteiger partial charge in [-0.05, 0) is 33.2 Å². The molecule has 88 valence electrons. The van der Waals surface area contributed by atoms with E-state index in [4.69, 9.17) is 11.6 Å². The van der Waals surface area contributed by atoms with Crippen molar-refractivity contribution in [1.82, 2.24) is 4.90 Å². The average molecular weight is 246 g/mol. The van der Waals surface area contributed by atoms with Gasteiger partial charge in [0.25, 0.3) is 0 Å². The van der Waals surface area contributed by atoms with Crippen LogP contribution in [0.3, 0.4) is 0 Å². The summed E-state index contributed by atoms with van der Waals surface area (Å²) >= 11 is 5.87. The molecule has 0 spiro atoms. The molecule has 1 N–H and O–H groups in total. The van der Waals surface area contributed by atoms with E-state index in [1.807, 2.05) is 0 Å². The minimum atomic E-state index is -1.27. The number of benzene rings is 1. The summed E-state index contributed by atoms with van der Waals surface area (Å²) in [5, 5.41) is 9.37. The first kappa shape index (κ1) is 12.9. The summed E-state index contributed by atoms with van der Waals surface area (Å²) in [6.45, 7) is 1.52.